The van der Waals surface area contributed by atoms with E-state index in [1.165, 1.54) is 47.6 Å². The number of nitrogens with one attached hydrogen (secondary N) is 1. The fourth-order valence-corrected chi connectivity index (χ4v) is 4.10. The molecular weight excluding hydrogens is 509 g/mol. The van der Waals surface area contributed by atoms with E-state index in [0.717, 1.165) is 18.7 Å². The molecule has 206 valence electrons. The number of ether oxygens (including phenoxy) is 1. The number of rotatable bonds is 11. The molecule has 0 aliphatic carbocycles. The molecular formula is C27H30FN5O6. The fraction of sp³-hybridized carbons (Fsp3) is 0.333. The van der Waals surface area contributed by atoms with E-state index in [9.17, 15) is 24.1 Å². The highest BCUT2D eigenvalue weighted by molar-refractivity contribution is 5.92. The first-order chi connectivity index (χ1) is 18.9. The monoisotopic (exact) mass is 539 g/mol. The van der Waals surface area contributed by atoms with Crippen molar-refractivity contribution in [3.05, 3.63) is 94.2 Å². The summed E-state index contributed by atoms with van der Waals surface area (Å²) in [5, 5.41) is 13.7. The smallest absolute Gasteiger partial charge is 0.322 e. The van der Waals surface area contributed by atoms with Gasteiger partial charge >= 0.3 is 6.03 Å². The summed E-state index contributed by atoms with van der Waals surface area (Å²) in [6.07, 6.45) is 1.52. The van der Waals surface area contributed by atoms with Crippen molar-refractivity contribution in [1.82, 2.24) is 14.7 Å². The highest BCUT2D eigenvalue weighted by atomic mass is 19.1. The number of anilines is 1. The van der Waals surface area contributed by atoms with Crippen molar-refractivity contribution < 1.29 is 28.1 Å². The molecule has 2 aromatic carbocycles. The van der Waals surface area contributed by atoms with Crippen LogP contribution in [0.4, 0.5) is 20.6 Å². The molecule has 0 spiro atoms. The maximum atomic E-state index is 13.6. The van der Waals surface area contributed by atoms with Crippen LogP contribution in [0.5, 0.6) is 0 Å². The van der Waals surface area contributed by atoms with E-state index in [1.54, 1.807) is 29.2 Å². The average Bonchev–Trinajstić information content (AvgIpc) is 3.46. The molecule has 12 heteroatoms. The molecule has 0 radical (unpaired) electrons. The zero-order valence-electron chi connectivity index (χ0n) is 21.3. The van der Waals surface area contributed by atoms with Gasteiger partial charge in [0.1, 0.15) is 18.1 Å². The van der Waals surface area contributed by atoms with Gasteiger partial charge in [-0.3, -0.25) is 19.8 Å². The lowest BCUT2D eigenvalue weighted by atomic mass is 10.2. The second-order valence-electron chi connectivity index (χ2n) is 9.07. The Morgan fingerprint density at radius 2 is 1.72 bits per heavy atom. The van der Waals surface area contributed by atoms with Crippen molar-refractivity contribution in [3.8, 4) is 0 Å². The number of morpholine rings is 1. The van der Waals surface area contributed by atoms with Gasteiger partial charge in [-0.25, -0.2) is 9.18 Å². The van der Waals surface area contributed by atoms with Crippen LogP contribution < -0.4 is 5.32 Å². The molecule has 0 saturated carbocycles. The van der Waals surface area contributed by atoms with Gasteiger partial charge in [-0.1, -0.05) is 12.1 Å². The second kappa shape index (κ2) is 13.5. The van der Waals surface area contributed by atoms with Crippen LogP contribution in [0.15, 0.2) is 71.3 Å². The van der Waals surface area contributed by atoms with Gasteiger partial charge in [0.2, 0.25) is 5.91 Å². The number of hydrogen-bond donors (Lipinski definition) is 1. The van der Waals surface area contributed by atoms with E-state index in [0.29, 0.717) is 31.2 Å². The first-order valence-corrected chi connectivity index (χ1v) is 12.5. The van der Waals surface area contributed by atoms with E-state index in [1.807, 2.05) is 0 Å². The van der Waals surface area contributed by atoms with Crippen LogP contribution in [-0.4, -0.2) is 77.5 Å². The van der Waals surface area contributed by atoms with Crippen LogP contribution in [0.2, 0.25) is 0 Å². The number of urea groups is 1. The van der Waals surface area contributed by atoms with E-state index in [4.69, 9.17) is 9.15 Å². The first kappa shape index (κ1) is 27.7. The molecule has 1 aromatic heterocycles. The third-order valence-electron chi connectivity index (χ3n) is 6.30. The standard InChI is InChI=1S/C27H30FN5O6/c28-22-5-3-21(4-6-22)18-32(19-25-2-1-15-39-25)26(34)20-31(12-11-30-13-16-38-17-14-30)27(35)29-23-7-9-24(10-8-23)33(36)37/h1-10,15H,11-14,16-20H2,(H,29,35). The Bertz CT molecular complexity index is 1230. The number of hydrogen-bond acceptors (Lipinski definition) is 7. The predicted octanol–water partition coefficient (Wildman–Crippen LogP) is 3.72. The molecule has 3 amide bonds. The van der Waals surface area contributed by atoms with E-state index in [2.05, 4.69) is 10.2 Å². The van der Waals surface area contributed by atoms with Gasteiger partial charge in [0.05, 0.1) is 30.9 Å². The molecule has 1 aliphatic heterocycles. The molecule has 0 atom stereocenters. The van der Waals surface area contributed by atoms with Crippen molar-refractivity contribution in [3.63, 3.8) is 0 Å². The molecule has 2 heterocycles. The summed E-state index contributed by atoms with van der Waals surface area (Å²) in [6.45, 7) is 3.61. The van der Waals surface area contributed by atoms with Crippen LogP contribution in [0.3, 0.4) is 0 Å². The van der Waals surface area contributed by atoms with E-state index in [-0.39, 0.29) is 43.6 Å². The second-order valence-corrected chi connectivity index (χ2v) is 9.07. The summed E-state index contributed by atoms with van der Waals surface area (Å²) in [6, 6.07) is 14.3. The Hall–Kier alpha value is -4.29. The molecule has 0 unspecified atom stereocenters. The molecule has 1 fully saturated rings. The highest BCUT2D eigenvalue weighted by Gasteiger charge is 2.24. The largest absolute Gasteiger partial charge is 0.467 e. The van der Waals surface area contributed by atoms with Crippen molar-refractivity contribution >= 4 is 23.3 Å². The SMILES string of the molecule is O=C(CN(CCN1CCOCC1)C(=O)Nc1ccc([N+](=O)[O-])cc1)N(Cc1ccc(F)cc1)Cc1ccco1. The van der Waals surface area contributed by atoms with Gasteiger partial charge in [-0.2, -0.15) is 0 Å². The number of amides is 3. The number of carbonyl (C=O) groups is 2. The van der Waals surface area contributed by atoms with Crippen LogP contribution in [-0.2, 0) is 22.6 Å². The van der Waals surface area contributed by atoms with Gasteiger partial charge in [-0.15, -0.1) is 0 Å². The molecule has 4 rings (SSSR count). The van der Waals surface area contributed by atoms with Gasteiger partial charge in [0.15, 0.2) is 0 Å². The van der Waals surface area contributed by atoms with Crippen LogP contribution in [0, 0.1) is 15.9 Å². The topological polar surface area (TPSA) is 121 Å². The summed E-state index contributed by atoms with van der Waals surface area (Å²) < 4.78 is 24.3. The highest BCUT2D eigenvalue weighted by Crippen LogP contribution is 2.17. The van der Waals surface area contributed by atoms with Crippen LogP contribution in [0.25, 0.3) is 0 Å². The number of halogens is 1. The minimum atomic E-state index is -0.520. The lowest BCUT2D eigenvalue weighted by Crippen LogP contribution is -2.48. The summed E-state index contributed by atoms with van der Waals surface area (Å²) in [5.41, 5.74) is 1.00. The van der Waals surface area contributed by atoms with E-state index < -0.39 is 11.0 Å². The number of non-ortho nitro benzene ring substituents is 1. The van der Waals surface area contributed by atoms with Gasteiger partial charge in [0, 0.05) is 50.5 Å². The van der Waals surface area contributed by atoms with Gasteiger partial charge < -0.3 is 24.3 Å². The third kappa shape index (κ3) is 8.35. The van der Waals surface area contributed by atoms with Crippen molar-refractivity contribution in [2.75, 3.05) is 51.3 Å². The molecule has 0 bridgehead atoms. The Labute approximate surface area is 224 Å². The molecule has 1 saturated heterocycles. The summed E-state index contributed by atoms with van der Waals surface area (Å²) in [5.74, 6) is -0.128. The third-order valence-corrected chi connectivity index (χ3v) is 6.30. The van der Waals surface area contributed by atoms with Crippen molar-refractivity contribution in [2.45, 2.75) is 13.1 Å². The number of benzene rings is 2. The molecule has 1 N–H and O–H groups in total. The minimum absolute atomic E-state index is 0.0956. The number of carbonyl (C=O) groups excluding carboxylic acids is 2. The molecule has 1 aliphatic rings. The molecule has 39 heavy (non-hydrogen) atoms. The number of nitro groups is 1. The Kier molecular flexibility index (Phi) is 9.59. The first-order valence-electron chi connectivity index (χ1n) is 12.5. The quantitative estimate of drug-likeness (QED) is 0.291. The van der Waals surface area contributed by atoms with Crippen molar-refractivity contribution in [2.24, 2.45) is 0 Å². The van der Waals surface area contributed by atoms with E-state index >= 15 is 0 Å². The summed E-state index contributed by atoms with van der Waals surface area (Å²) in [4.78, 5) is 42.4. The normalized spacial score (nSPS) is 13.6. The predicted molar refractivity (Wildman–Crippen MR) is 140 cm³/mol. The van der Waals surface area contributed by atoms with Crippen LogP contribution in [0.1, 0.15) is 11.3 Å². The van der Waals surface area contributed by atoms with Gasteiger partial charge in [0.25, 0.3) is 5.69 Å². The number of nitro benzene ring substituents is 1. The Morgan fingerprint density at radius 3 is 2.36 bits per heavy atom. The van der Waals surface area contributed by atoms with Crippen molar-refractivity contribution in [1.29, 1.82) is 0 Å². The Balaban J connectivity index is 1.49. The zero-order chi connectivity index (χ0) is 27.6. The maximum absolute atomic E-state index is 13.6. The number of furan rings is 1. The lowest BCUT2D eigenvalue weighted by molar-refractivity contribution is -0.384. The lowest BCUT2D eigenvalue weighted by Gasteiger charge is -2.31. The summed E-state index contributed by atoms with van der Waals surface area (Å²) >= 11 is 0. The fourth-order valence-electron chi connectivity index (χ4n) is 4.10. The Morgan fingerprint density at radius 1 is 1.00 bits per heavy atom. The minimum Gasteiger partial charge on any atom is -0.467 e. The molecule has 3 aromatic rings. The summed E-state index contributed by atoms with van der Waals surface area (Å²) in [7, 11) is 0. The number of nitrogens with zero attached hydrogens (tertiary/aromatic N) is 4. The maximum Gasteiger partial charge on any atom is 0.322 e. The zero-order valence-corrected chi connectivity index (χ0v) is 21.3. The average molecular weight is 540 g/mol. The molecule has 11 nitrogen and oxygen atoms in total. The van der Waals surface area contributed by atoms with Gasteiger partial charge in [-0.05, 0) is 42.0 Å². The van der Waals surface area contributed by atoms with Crippen LogP contribution >= 0.6 is 0 Å².